The van der Waals surface area contributed by atoms with Crippen molar-refractivity contribution in [3.05, 3.63) is 206 Å². The number of benzene rings is 10. The first-order valence-corrected chi connectivity index (χ1v) is 28.3. The fourth-order valence-corrected chi connectivity index (χ4v) is 13.0. The minimum Gasteiger partial charge on any atom is -0.393 e. The zero-order chi connectivity index (χ0) is 51.7. The Morgan fingerprint density at radius 1 is 0.247 bits per heavy atom. The number of aryl methyl sites for hydroxylation is 3. The van der Waals surface area contributed by atoms with Crippen LogP contribution in [0.1, 0.15) is 59.3 Å². The number of hydrogen-bond donors (Lipinski definition) is 0. The second kappa shape index (κ2) is 19.2. The van der Waals surface area contributed by atoms with Gasteiger partial charge in [0.25, 0.3) is 0 Å². The lowest BCUT2D eigenvalue weighted by Crippen LogP contribution is -1.97. The number of aromatic nitrogens is 4. The average Bonchev–Trinajstić information content (AvgIpc) is 4.18. The molecule has 0 saturated carbocycles. The van der Waals surface area contributed by atoms with Crippen LogP contribution in [0.25, 0.3) is 143 Å². The molecule has 10 aromatic carbocycles. The number of nitrogens with zero attached hydrogens (tertiary/aromatic N) is 4. The third-order valence-corrected chi connectivity index (χ3v) is 17.0. The summed E-state index contributed by atoms with van der Waals surface area (Å²) in [6.45, 7) is 9.89. The number of unbranched alkanes of at least 4 members (excludes halogenated alkanes) is 3. The van der Waals surface area contributed by atoms with Crippen molar-refractivity contribution in [1.29, 1.82) is 0 Å². The van der Waals surface area contributed by atoms with Crippen molar-refractivity contribution in [2.45, 2.75) is 78.9 Å². The van der Waals surface area contributed by atoms with Gasteiger partial charge in [-0.1, -0.05) is 137 Å². The van der Waals surface area contributed by atoms with Crippen molar-refractivity contribution in [2.75, 3.05) is 0 Å². The van der Waals surface area contributed by atoms with E-state index >= 15 is 0 Å². The Morgan fingerprint density at radius 2 is 0.481 bits per heavy atom. The van der Waals surface area contributed by atoms with E-state index < -0.39 is 0 Å². The van der Waals surface area contributed by atoms with E-state index in [-0.39, 0.29) is 0 Å². The lowest BCUT2D eigenvalue weighted by molar-refractivity contribution is 0.665. The zero-order valence-electron chi connectivity index (χ0n) is 44.8. The summed E-state index contributed by atoms with van der Waals surface area (Å²) in [6.07, 6.45) is 6.92. The molecule has 0 unspecified atom stereocenters. The van der Waals surface area contributed by atoms with Crippen LogP contribution in [0.15, 0.2) is 206 Å². The standard InChI is InChI=1S/C72H63BN4/c1-4-7-34-74-65-22-14-10-18-57(65)61-43-47(26-30-68(61)74)51-37-52(48-27-31-69-62(44-48)58-19-11-15-23-66(58)75(69)35-8-5-2)40-55(39-51)56-41-53(49-28-32-70-63(45-49)59-20-12-16-24-67(59)76(70)36-9-6-3)38-54(42-56)50-29-33-72-64(46-50)60-21-13-17-25-71(60)77(72)73/h10-33,37-46H,4-9,34-36,73H2,1-3H3. The Morgan fingerprint density at radius 3 is 0.805 bits per heavy atom. The van der Waals surface area contributed by atoms with Gasteiger partial charge in [0.05, 0.1) is 0 Å². The predicted molar refractivity (Wildman–Crippen MR) is 334 cm³/mol. The monoisotopic (exact) mass is 995 g/mol. The van der Waals surface area contributed by atoms with Crippen molar-refractivity contribution in [2.24, 2.45) is 0 Å². The van der Waals surface area contributed by atoms with Crippen LogP contribution >= 0.6 is 0 Å². The van der Waals surface area contributed by atoms with Crippen LogP contribution in [0, 0.1) is 0 Å². The van der Waals surface area contributed by atoms with Crippen LogP contribution in [-0.4, -0.2) is 26.2 Å². The first kappa shape index (κ1) is 47.0. The van der Waals surface area contributed by atoms with E-state index in [0.29, 0.717) is 0 Å². The van der Waals surface area contributed by atoms with Gasteiger partial charge in [-0.25, -0.2) is 0 Å². The Bertz CT molecular complexity index is 4470. The van der Waals surface area contributed by atoms with Crippen molar-refractivity contribution in [3.63, 3.8) is 0 Å². The van der Waals surface area contributed by atoms with Crippen LogP contribution in [0.5, 0.6) is 0 Å². The maximum atomic E-state index is 2.54. The van der Waals surface area contributed by atoms with Crippen molar-refractivity contribution in [3.8, 4) is 55.6 Å². The minimum atomic E-state index is 1.01. The van der Waals surface area contributed by atoms with E-state index in [9.17, 15) is 0 Å². The first-order chi connectivity index (χ1) is 38.0. The fourth-order valence-electron chi connectivity index (χ4n) is 13.0. The third kappa shape index (κ3) is 7.89. The minimum absolute atomic E-state index is 1.01. The molecule has 4 aromatic heterocycles. The molecule has 77 heavy (non-hydrogen) atoms. The van der Waals surface area contributed by atoms with Crippen molar-refractivity contribution >= 4 is 95.2 Å². The Hall–Kier alpha value is -8.54. The molecule has 0 saturated heterocycles. The molecule has 374 valence electrons. The highest BCUT2D eigenvalue weighted by Crippen LogP contribution is 2.43. The molecular weight excluding hydrogens is 932 g/mol. The van der Waals surface area contributed by atoms with Gasteiger partial charge in [-0.15, -0.1) is 0 Å². The van der Waals surface area contributed by atoms with Crippen LogP contribution in [0.3, 0.4) is 0 Å². The predicted octanol–water partition coefficient (Wildman–Crippen LogP) is 19.2. The maximum Gasteiger partial charge on any atom is 0.223 e. The molecule has 4 heterocycles. The Kier molecular flexibility index (Phi) is 11.7. The fraction of sp³-hybridized carbons (Fsp3) is 0.167. The number of fused-ring (bicyclic) bond motifs is 12. The molecule has 0 fully saturated rings. The topological polar surface area (TPSA) is 19.7 Å². The van der Waals surface area contributed by atoms with Gasteiger partial charge in [-0.05, 0) is 184 Å². The number of hydrogen-bond acceptors (Lipinski definition) is 0. The lowest BCUT2D eigenvalue weighted by Gasteiger charge is -2.15. The largest absolute Gasteiger partial charge is 0.393 e. The molecule has 14 aromatic rings. The van der Waals surface area contributed by atoms with Gasteiger partial charge >= 0.3 is 0 Å². The van der Waals surface area contributed by atoms with Crippen molar-refractivity contribution < 1.29 is 0 Å². The second-order valence-electron chi connectivity index (χ2n) is 21.7. The van der Waals surface area contributed by atoms with Crippen LogP contribution in [0.2, 0.25) is 0 Å². The number of rotatable bonds is 14. The smallest absolute Gasteiger partial charge is 0.223 e. The summed E-state index contributed by atoms with van der Waals surface area (Å²) in [4.78, 5) is 0. The highest BCUT2D eigenvalue weighted by atomic mass is 15.0. The average molecular weight is 995 g/mol. The third-order valence-electron chi connectivity index (χ3n) is 17.0. The molecule has 0 aliphatic carbocycles. The normalized spacial score (nSPS) is 12.1. The highest BCUT2D eigenvalue weighted by Gasteiger charge is 2.19. The highest BCUT2D eigenvalue weighted by molar-refractivity contribution is 6.22. The summed E-state index contributed by atoms with van der Waals surface area (Å²) < 4.78 is 9.94. The van der Waals surface area contributed by atoms with Gasteiger partial charge in [0.1, 0.15) is 0 Å². The Labute approximate surface area is 451 Å². The molecule has 0 N–H and O–H groups in total. The molecular formula is C72H63BN4. The molecule has 0 radical (unpaired) electrons. The summed E-state index contributed by atoms with van der Waals surface area (Å²) >= 11 is 0. The summed E-state index contributed by atoms with van der Waals surface area (Å²) in [6, 6.07) is 79.1. The van der Waals surface area contributed by atoms with Gasteiger partial charge in [-0.3, -0.25) is 0 Å². The van der Waals surface area contributed by atoms with Gasteiger partial charge in [-0.2, -0.15) is 0 Å². The quantitative estimate of drug-likeness (QED) is 0.0968. The van der Waals surface area contributed by atoms with Crippen LogP contribution < -0.4 is 0 Å². The van der Waals surface area contributed by atoms with E-state index in [2.05, 4.69) is 253 Å². The second-order valence-corrected chi connectivity index (χ2v) is 21.7. The van der Waals surface area contributed by atoms with Crippen LogP contribution in [-0.2, 0) is 19.6 Å². The van der Waals surface area contributed by atoms with Gasteiger partial charge in [0.15, 0.2) is 0 Å². The summed E-state index contributed by atoms with van der Waals surface area (Å²) in [5, 5.41) is 10.4. The molecule has 0 aliphatic heterocycles. The number of para-hydroxylation sites is 4. The molecule has 0 amide bonds. The van der Waals surface area contributed by atoms with Gasteiger partial charge in [0, 0.05) is 107 Å². The maximum absolute atomic E-state index is 2.54. The van der Waals surface area contributed by atoms with E-state index in [0.717, 1.165) is 58.2 Å². The lowest BCUT2D eigenvalue weighted by atomic mass is 9.89. The molecule has 5 heteroatoms. The van der Waals surface area contributed by atoms with Gasteiger partial charge in [0.2, 0.25) is 7.98 Å². The molecule has 0 atom stereocenters. The SMILES string of the molecule is Bn1c2ccccc2c2cc(-c3cc(-c4cc(-c5ccc6c(c5)c5ccccc5n6CCCC)cc(-c5ccc6c(c5)c5ccccc5n6CCCC)c4)cc(-c4ccc5c(c4)c4ccccc4n5CCCC)c3)ccc21. The summed E-state index contributed by atoms with van der Waals surface area (Å²) in [5.41, 5.74) is 22.4. The van der Waals surface area contributed by atoms with E-state index in [1.165, 1.54) is 143 Å². The molecule has 14 rings (SSSR count). The zero-order valence-corrected chi connectivity index (χ0v) is 44.8. The summed E-state index contributed by atoms with van der Waals surface area (Å²) in [5.74, 6) is 0. The molecule has 0 spiro atoms. The molecule has 0 aliphatic rings. The van der Waals surface area contributed by atoms with E-state index in [1.54, 1.807) is 0 Å². The first-order valence-electron chi connectivity index (χ1n) is 28.3. The van der Waals surface area contributed by atoms with E-state index in [1.807, 2.05) is 0 Å². The van der Waals surface area contributed by atoms with Crippen molar-refractivity contribution in [1.82, 2.24) is 18.2 Å². The van der Waals surface area contributed by atoms with Gasteiger partial charge < -0.3 is 18.2 Å². The Balaban J connectivity index is 1.01. The molecule has 0 bridgehead atoms. The summed E-state index contributed by atoms with van der Waals surface area (Å²) in [7, 11) is 2.19. The van der Waals surface area contributed by atoms with E-state index in [4.69, 9.17) is 0 Å². The molecule has 4 nitrogen and oxygen atoms in total. The van der Waals surface area contributed by atoms with Crippen LogP contribution in [0.4, 0.5) is 0 Å².